The molecule has 3 aromatic rings. The Bertz CT molecular complexity index is 1180. The summed E-state index contributed by atoms with van der Waals surface area (Å²) in [5, 5.41) is 5.62. The zero-order valence-corrected chi connectivity index (χ0v) is 19.2. The molecule has 1 aromatic heterocycles. The SMILES string of the molecule is O=C(CCN1C(=O)/C(=C/c2ccc(F)cc2)SC1=S)NCc1nc(-c2ccccc2)cs1. The number of thioether (sulfide) groups is 1. The van der Waals surface area contributed by atoms with Crippen LogP contribution in [0, 0.1) is 5.82 Å². The van der Waals surface area contributed by atoms with Gasteiger partial charge in [0.25, 0.3) is 5.91 Å². The molecule has 0 unspecified atom stereocenters. The van der Waals surface area contributed by atoms with E-state index in [1.54, 1.807) is 18.2 Å². The second-order valence-corrected chi connectivity index (χ2v) is 9.52. The van der Waals surface area contributed by atoms with Crippen LogP contribution in [0.15, 0.2) is 64.9 Å². The zero-order valence-electron chi connectivity index (χ0n) is 16.8. The second kappa shape index (κ2) is 10.2. The number of halogens is 1. The molecule has 1 aliphatic rings. The third kappa shape index (κ3) is 5.48. The Kier molecular flexibility index (Phi) is 7.09. The van der Waals surface area contributed by atoms with E-state index in [2.05, 4.69) is 10.3 Å². The van der Waals surface area contributed by atoms with Gasteiger partial charge in [0.1, 0.15) is 15.1 Å². The van der Waals surface area contributed by atoms with E-state index in [1.165, 1.54) is 40.1 Å². The number of amides is 2. The number of rotatable bonds is 7. The van der Waals surface area contributed by atoms with Gasteiger partial charge in [0.15, 0.2) is 0 Å². The lowest BCUT2D eigenvalue weighted by Crippen LogP contribution is -2.33. The van der Waals surface area contributed by atoms with Crippen LogP contribution in [0.2, 0.25) is 0 Å². The first-order valence-corrected chi connectivity index (χ1v) is 11.9. The lowest BCUT2D eigenvalue weighted by molar-refractivity contribution is -0.123. The lowest BCUT2D eigenvalue weighted by Gasteiger charge is -2.13. The summed E-state index contributed by atoms with van der Waals surface area (Å²) in [5.74, 6) is -0.766. The Balaban J connectivity index is 1.28. The fraction of sp³-hybridized carbons (Fsp3) is 0.130. The van der Waals surface area contributed by atoms with Crippen molar-refractivity contribution in [3.63, 3.8) is 0 Å². The molecule has 0 bridgehead atoms. The van der Waals surface area contributed by atoms with Crippen LogP contribution in [0.4, 0.5) is 4.39 Å². The predicted molar refractivity (Wildman–Crippen MR) is 130 cm³/mol. The van der Waals surface area contributed by atoms with E-state index in [0.717, 1.165) is 16.3 Å². The van der Waals surface area contributed by atoms with Crippen LogP contribution in [0.3, 0.4) is 0 Å². The number of carbonyl (C=O) groups excluding carboxylic acids is 2. The molecule has 2 heterocycles. The lowest BCUT2D eigenvalue weighted by atomic mass is 10.2. The molecule has 162 valence electrons. The molecule has 1 aliphatic heterocycles. The molecule has 32 heavy (non-hydrogen) atoms. The van der Waals surface area contributed by atoms with Gasteiger partial charge in [0.05, 0.1) is 17.1 Å². The van der Waals surface area contributed by atoms with Gasteiger partial charge in [0, 0.05) is 23.9 Å². The molecule has 4 rings (SSSR count). The maximum atomic E-state index is 13.1. The fourth-order valence-electron chi connectivity index (χ4n) is 3.01. The third-order valence-corrected chi connectivity index (χ3v) is 6.89. The first kappa shape index (κ1) is 22.3. The molecule has 0 aliphatic carbocycles. The van der Waals surface area contributed by atoms with Crippen LogP contribution in [0.25, 0.3) is 17.3 Å². The van der Waals surface area contributed by atoms with Gasteiger partial charge < -0.3 is 5.32 Å². The topological polar surface area (TPSA) is 62.3 Å². The van der Waals surface area contributed by atoms with Gasteiger partial charge in [-0.2, -0.15) is 0 Å². The monoisotopic (exact) mass is 483 g/mol. The van der Waals surface area contributed by atoms with Crippen LogP contribution in [-0.4, -0.2) is 32.6 Å². The van der Waals surface area contributed by atoms with Crippen molar-refractivity contribution in [1.82, 2.24) is 15.2 Å². The minimum absolute atomic E-state index is 0.132. The van der Waals surface area contributed by atoms with Crippen LogP contribution >= 0.6 is 35.3 Å². The van der Waals surface area contributed by atoms with Gasteiger partial charge in [0.2, 0.25) is 5.91 Å². The molecule has 2 aromatic carbocycles. The molecule has 9 heteroatoms. The average molecular weight is 484 g/mol. The summed E-state index contributed by atoms with van der Waals surface area (Å²) in [6, 6.07) is 15.7. The van der Waals surface area contributed by atoms with E-state index in [1.807, 2.05) is 35.7 Å². The highest BCUT2D eigenvalue weighted by Crippen LogP contribution is 2.32. The summed E-state index contributed by atoms with van der Waals surface area (Å²) in [5.41, 5.74) is 2.62. The molecule has 1 saturated heterocycles. The largest absolute Gasteiger partial charge is 0.350 e. The van der Waals surface area contributed by atoms with Gasteiger partial charge in [-0.05, 0) is 23.8 Å². The van der Waals surface area contributed by atoms with Gasteiger partial charge >= 0.3 is 0 Å². The van der Waals surface area contributed by atoms with Crippen molar-refractivity contribution in [3.8, 4) is 11.3 Å². The van der Waals surface area contributed by atoms with Crippen LogP contribution in [0.1, 0.15) is 17.0 Å². The van der Waals surface area contributed by atoms with Crippen molar-refractivity contribution in [2.45, 2.75) is 13.0 Å². The fourth-order valence-corrected chi connectivity index (χ4v) is 5.06. The number of nitrogens with one attached hydrogen (secondary N) is 1. The molecule has 0 saturated carbocycles. The number of aromatic nitrogens is 1. The molecular formula is C23H18FN3O2S3. The average Bonchev–Trinajstić information content (AvgIpc) is 3.38. The summed E-state index contributed by atoms with van der Waals surface area (Å²) < 4.78 is 13.5. The highest BCUT2D eigenvalue weighted by molar-refractivity contribution is 8.26. The number of thiazole rings is 1. The number of thiocarbonyl (C=S) groups is 1. The normalized spacial score (nSPS) is 14.9. The smallest absolute Gasteiger partial charge is 0.266 e. The number of carbonyl (C=O) groups is 2. The summed E-state index contributed by atoms with van der Waals surface area (Å²) in [6.45, 7) is 0.531. The number of hydrogen-bond acceptors (Lipinski definition) is 6. The van der Waals surface area contributed by atoms with Crippen molar-refractivity contribution < 1.29 is 14.0 Å². The first-order valence-electron chi connectivity index (χ1n) is 9.77. The first-order chi connectivity index (χ1) is 15.5. The van der Waals surface area contributed by atoms with E-state index in [9.17, 15) is 14.0 Å². The van der Waals surface area contributed by atoms with Gasteiger partial charge in [-0.15, -0.1) is 11.3 Å². The Morgan fingerprint density at radius 2 is 1.91 bits per heavy atom. The Hall–Kier alpha value is -2.88. The Labute approximate surface area is 198 Å². The minimum Gasteiger partial charge on any atom is -0.350 e. The van der Waals surface area contributed by atoms with E-state index < -0.39 is 0 Å². The summed E-state index contributed by atoms with van der Waals surface area (Å²) in [4.78, 5) is 31.4. The van der Waals surface area contributed by atoms with Crippen LogP contribution in [-0.2, 0) is 16.1 Å². The van der Waals surface area contributed by atoms with E-state index in [4.69, 9.17) is 12.2 Å². The predicted octanol–water partition coefficient (Wildman–Crippen LogP) is 4.86. The van der Waals surface area contributed by atoms with Crippen LogP contribution in [0.5, 0.6) is 0 Å². The van der Waals surface area contributed by atoms with Gasteiger partial charge in [-0.3, -0.25) is 14.5 Å². The van der Waals surface area contributed by atoms with Crippen molar-refractivity contribution in [2.75, 3.05) is 6.54 Å². The zero-order chi connectivity index (χ0) is 22.5. The summed E-state index contributed by atoms with van der Waals surface area (Å²) in [6.07, 6.45) is 1.80. The second-order valence-electron chi connectivity index (χ2n) is 6.90. The minimum atomic E-state index is -0.338. The highest BCUT2D eigenvalue weighted by Gasteiger charge is 2.32. The van der Waals surface area contributed by atoms with Crippen molar-refractivity contribution in [3.05, 3.63) is 81.3 Å². The number of benzene rings is 2. The van der Waals surface area contributed by atoms with E-state index in [0.29, 0.717) is 21.3 Å². The standard InChI is InChI=1S/C23H18FN3O2S3/c24-17-8-6-15(7-9-17)12-19-22(29)27(23(30)32-19)11-10-20(28)25-13-21-26-18(14-31-21)16-4-2-1-3-5-16/h1-9,12,14H,10-11,13H2,(H,25,28)/b19-12-. The van der Waals surface area contributed by atoms with Gasteiger partial charge in [-0.1, -0.05) is 66.4 Å². The molecule has 0 atom stereocenters. The maximum Gasteiger partial charge on any atom is 0.266 e. The van der Waals surface area contributed by atoms with Crippen molar-refractivity contribution in [1.29, 1.82) is 0 Å². The Morgan fingerprint density at radius 1 is 1.16 bits per heavy atom. The van der Waals surface area contributed by atoms with Crippen LogP contribution < -0.4 is 5.32 Å². The Morgan fingerprint density at radius 3 is 2.66 bits per heavy atom. The molecule has 5 nitrogen and oxygen atoms in total. The number of hydrogen-bond donors (Lipinski definition) is 1. The van der Waals surface area contributed by atoms with Crippen molar-refractivity contribution >= 4 is 57.5 Å². The summed E-state index contributed by atoms with van der Waals surface area (Å²) in [7, 11) is 0. The van der Waals surface area contributed by atoms with E-state index in [-0.39, 0.29) is 30.6 Å². The van der Waals surface area contributed by atoms with E-state index >= 15 is 0 Å². The van der Waals surface area contributed by atoms with Gasteiger partial charge in [-0.25, -0.2) is 9.37 Å². The molecule has 0 radical (unpaired) electrons. The third-order valence-electron chi connectivity index (χ3n) is 4.66. The molecule has 1 fully saturated rings. The molecule has 0 spiro atoms. The summed E-state index contributed by atoms with van der Waals surface area (Å²) >= 11 is 7.97. The molecule has 2 amide bonds. The quantitative estimate of drug-likeness (QED) is 0.384. The van der Waals surface area contributed by atoms with Crippen molar-refractivity contribution in [2.24, 2.45) is 0 Å². The molecule has 1 N–H and O–H groups in total. The highest BCUT2D eigenvalue weighted by atomic mass is 32.2. The maximum absolute atomic E-state index is 13.1. The molecular weight excluding hydrogens is 465 g/mol. The number of nitrogens with zero attached hydrogens (tertiary/aromatic N) is 2.